The Hall–Kier alpha value is -0.130. The molecule has 1 amide bonds. The summed E-state index contributed by atoms with van der Waals surface area (Å²) in [6, 6.07) is 4.21. The number of amides is 1. The molecule has 4 rings (SSSR count). The van der Waals surface area contributed by atoms with Crippen LogP contribution in [0, 0.1) is 0 Å². The van der Waals surface area contributed by atoms with Crippen LogP contribution in [-0.2, 0) is 11.2 Å². The lowest BCUT2D eigenvalue weighted by atomic mass is 9.99. The van der Waals surface area contributed by atoms with Crippen LogP contribution in [0.3, 0.4) is 0 Å². The molecule has 1 aromatic rings. The topological polar surface area (TPSA) is 23.6 Å². The van der Waals surface area contributed by atoms with Crippen LogP contribution in [0.1, 0.15) is 36.3 Å². The highest BCUT2D eigenvalue weighted by Crippen LogP contribution is 2.39. The molecule has 3 aliphatic rings. The van der Waals surface area contributed by atoms with Gasteiger partial charge < -0.3 is 9.80 Å². The zero-order valence-electron chi connectivity index (χ0n) is 14.8. The molecular formula is C19H25Cl3N2OS. The summed E-state index contributed by atoms with van der Waals surface area (Å²) >= 11 is 14.4. The maximum Gasteiger partial charge on any atom is 0.230 e. The molecule has 26 heavy (non-hydrogen) atoms. The fraction of sp³-hybridized carbons (Fsp3) is 0.632. The van der Waals surface area contributed by atoms with E-state index in [1.165, 1.54) is 31.5 Å². The Labute approximate surface area is 176 Å². The normalized spacial score (nSPS) is 25.8. The summed E-state index contributed by atoms with van der Waals surface area (Å²) < 4.78 is 0. The summed E-state index contributed by atoms with van der Waals surface area (Å²) in [6.45, 7) is 4.27. The van der Waals surface area contributed by atoms with Crippen molar-refractivity contribution in [1.29, 1.82) is 0 Å². The second-order valence-electron chi connectivity index (χ2n) is 7.32. The molecule has 144 valence electrons. The molecule has 0 N–H and O–H groups in total. The van der Waals surface area contributed by atoms with Gasteiger partial charge in [-0.15, -0.1) is 12.4 Å². The smallest absolute Gasteiger partial charge is 0.230 e. The van der Waals surface area contributed by atoms with Gasteiger partial charge in [-0.3, -0.25) is 4.79 Å². The van der Waals surface area contributed by atoms with E-state index in [2.05, 4.69) is 9.80 Å². The van der Waals surface area contributed by atoms with Crippen molar-refractivity contribution in [3.05, 3.63) is 33.3 Å². The third-order valence-electron chi connectivity index (χ3n) is 5.74. The van der Waals surface area contributed by atoms with Crippen LogP contribution in [0.15, 0.2) is 12.1 Å². The second-order valence-corrected chi connectivity index (χ2v) is 9.29. The molecule has 2 atom stereocenters. The van der Waals surface area contributed by atoms with Gasteiger partial charge in [0.2, 0.25) is 5.91 Å². The van der Waals surface area contributed by atoms with Crippen LogP contribution in [0.2, 0.25) is 10.0 Å². The SMILES string of the molecule is Cl.O=C([C@@H]1CCc2cc(Cl)c(Cl)cc21)N1CCSC[C@@H]1CN1CCCC1. The Bertz CT molecular complexity index is 666. The number of thioether (sulfide) groups is 1. The molecule has 1 aromatic carbocycles. The fourth-order valence-corrected chi connectivity index (χ4v) is 5.82. The van der Waals surface area contributed by atoms with Crippen LogP contribution in [0.4, 0.5) is 0 Å². The zero-order chi connectivity index (χ0) is 17.4. The van der Waals surface area contributed by atoms with Crippen molar-refractivity contribution < 1.29 is 4.79 Å². The van der Waals surface area contributed by atoms with Crippen molar-refractivity contribution in [2.45, 2.75) is 37.6 Å². The van der Waals surface area contributed by atoms with E-state index < -0.39 is 0 Å². The number of carbonyl (C=O) groups excluding carboxylic acids is 1. The summed E-state index contributed by atoms with van der Waals surface area (Å²) in [4.78, 5) is 18.1. The lowest BCUT2D eigenvalue weighted by Crippen LogP contribution is -2.52. The number of aryl methyl sites for hydroxylation is 1. The molecular weight excluding hydrogens is 411 g/mol. The van der Waals surface area contributed by atoms with E-state index in [-0.39, 0.29) is 18.3 Å². The van der Waals surface area contributed by atoms with E-state index >= 15 is 0 Å². The van der Waals surface area contributed by atoms with Crippen molar-refractivity contribution >= 4 is 53.3 Å². The minimum atomic E-state index is -0.0473. The van der Waals surface area contributed by atoms with Crippen molar-refractivity contribution in [1.82, 2.24) is 9.80 Å². The summed E-state index contributed by atoms with van der Waals surface area (Å²) in [5, 5.41) is 1.15. The maximum absolute atomic E-state index is 13.4. The lowest BCUT2D eigenvalue weighted by Gasteiger charge is -2.39. The van der Waals surface area contributed by atoms with E-state index in [0.717, 1.165) is 43.0 Å². The van der Waals surface area contributed by atoms with Gasteiger partial charge in [-0.2, -0.15) is 11.8 Å². The zero-order valence-corrected chi connectivity index (χ0v) is 17.9. The molecule has 0 bridgehead atoms. The predicted octanol–water partition coefficient (Wildman–Crippen LogP) is 4.48. The molecule has 2 saturated heterocycles. The summed E-state index contributed by atoms with van der Waals surface area (Å²) in [5.74, 6) is 2.35. The van der Waals surface area contributed by atoms with E-state index in [9.17, 15) is 4.79 Å². The first-order valence-corrected chi connectivity index (χ1v) is 11.1. The highest BCUT2D eigenvalue weighted by molar-refractivity contribution is 7.99. The lowest BCUT2D eigenvalue weighted by molar-refractivity contribution is -0.135. The number of benzene rings is 1. The summed E-state index contributed by atoms with van der Waals surface area (Å²) in [5.41, 5.74) is 2.28. The van der Waals surface area contributed by atoms with E-state index in [4.69, 9.17) is 23.2 Å². The first kappa shape index (κ1) is 20.6. The number of halogens is 3. The molecule has 2 fully saturated rings. The molecule has 0 spiro atoms. The van der Waals surface area contributed by atoms with Crippen molar-refractivity contribution in [2.75, 3.05) is 37.7 Å². The minimum Gasteiger partial charge on any atom is -0.336 e. The monoisotopic (exact) mass is 434 g/mol. The standard InChI is InChI=1S/C19H24Cl2N2OS.ClH/c20-17-9-13-3-4-15(16(13)10-18(17)21)19(24)23-7-8-25-12-14(23)11-22-5-1-2-6-22;/h9-10,14-15H,1-8,11-12H2;1H/t14-,15+;/m0./s1. The van der Waals surface area contributed by atoms with Gasteiger partial charge in [0.25, 0.3) is 0 Å². The average Bonchev–Trinajstić information content (AvgIpc) is 3.25. The van der Waals surface area contributed by atoms with Crippen LogP contribution >= 0.6 is 47.4 Å². The van der Waals surface area contributed by atoms with Crippen LogP contribution in [0.25, 0.3) is 0 Å². The van der Waals surface area contributed by atoms with Crippen molar-refractivity contribution in [2.24, 2.45) is 0 Å². The van der Waals surface area contributed by atoms with Crippen LogP contribution in [0.5, 0.6) is 0 Å². The van der Waals surface area contributed by atoms with E-state index in [0.29, 0.717) is 22.0 Å². The third-order valence-corrected chi connectivity index (χ3v) is 7.55. The van der Waals surface area contributed by atoms with E-state index in [1.807, 2.05) is 23.9 Å². The van der Waals surface area contributed by atoms with E-state index in [1.54, 1.807) is 0 Å². The predicted molar refractivity (Wildman–Crippen MR) is 113 cm³/mol. The Morgan fingerprint density at radius 2 is 1.88 bits per heavy atom. The van der Waals surface area contributed by atoms with Gasteiger partial charge in [0.15, 0.2) is 0 Å². The summed E-state index contributed by atoms with van der Waals surface area (Å²) in [6.07, 6.45) is 4.39. The van der Waals surface area contributed by atoms with Gasteiger partial charge >= 0.3 is 0 Å². The Balaban J connectivity index is 0.00000196. The fourth-order valence-electron chi connectivity index (χ4n) is 4.42. The molecule has 3 nitrogen and oxygen atoms in total. The van der Waals surface area contributed by atoms with Crippen LogP contribution in [-0.4, -0.2) is 59.4 Å². The van der Waals surface area contributed by atoms with Crippen LogP contribution < -0.4 is 0 Å². The molecule has 2 aliphatic heterocycles. The van der Waals surface area contributed by atoms with Gasteiger partial charge in [-0.1, -0.05) is 23.2 Å². The molecule has 0 saturated carbocycles. The quantitative estimate of drug-likeness (QED) is 0.699. The number of rotatable bonds is 3. The molecule has 0 radical (unpaired) electrons. The van der Waals surface area contributed by atoms with Gasteiger partial charge in [0.1, 0.15) is 0 Å². The Morgan fingerprint density at radius 1 is 1.15 bits per heavy atom. The third kappa shape index (κ3) is 4.15. The highest BCUT2D eigenvalue weighted by Gasteiger charge is 2.37. The number of carbonyl (C=O) groups is 1. The minimum absolute atomic E-state index is 0. The Morgan fingerprint density at radius 3 is 2.65 bits per heavy atom. The molecule has 0 unspecified atom stereocenters. The number of fused-ring (bicyclic) bond motifs is 1. The molecule has 2 heterocycles. The first-order valence-electron chi connectivity index (χ1n) is 9.22. The second kappa shape index (κ2) is 8.91. The first-order chi connectivity index (χ1) is 12.1. The van der Waals surface area contributed by atoms with Gasteiger partial charge in [0.05, 0.1) is 22.0 Å². The highest BCUT2D eigenvalue weighted by atomic mass is 35.5. The average molecular weight is 436 g/mol. The largest absolute Gasteiger partial charge is 0.336 e. The number of likely N-dealkylation sites (tertiary alicyclic amines) is 1. The molecule has 1 aliphatic carbocycles. The molecule has 7 heteroatoms. The number of hydrogen-bond donors (Lipinski definition) is 0. The Kier molecular flexibility index (Phi) is 7.06. The van der Waals surface area contributed by atoms with Gasteiger partial charge in [-0.25, -0.2) is 0 Å². The molecule has 0 aromatic heterocycles. The number of hydrogen-bond acceptors (Lipinski definition) is 3. The van der Waals surface area contributed by atoms with Crippen molar-refractivity contribution in [3.63, 3.8) is 0 Å². The van der Waals surface area contributed by atoms with Gasteiger partial charge in [0, 0.05) is 24.6 Å². The maximum atomic E-state index is 13.4. The number of nitrogens with zero attached hydrogens (tertiary/aromatic N) is 2. The van der Waals surface area contributed by atoms with Crippen molar-refractivity contribution in [3.8, 4) is 0 Å². The summed E-state index contributed by atoms with van der Waals surface area (Å²) in [7, 11) is 0. The van der Waals surface area contributed by atoms with Gasteiger partial charge in [-0.05, 0) is 62.0 Å².